The highest BCUT2D eigenvalue weighted by atomic mass is 79.9. The van der Waals surface area contributed by atoms with Crippen LogP contribution in [0, 0.1) is 0 Å². The molecule has 0 N–H and O–H groups in total. The molecule has 0 aliphatic heterocycles. The van der Waals surface area contributed by atoms with Gasteiger partial charge in [-0.25, -0.2) is 9.59 Å². The number of carbonyl (C=O) groups excluding carboxylic acids is 2. The molecule has 6 heteroatoms. The van der Waals surface area contributed by atoms with Gasteiger partial charge in [0, 0.05) is 12.1 Å². The predicted molar refractivity (Wildman–Crippen MR) is 59.2 cm³/mol. The third kappa shape index (κ3) is 4.83. The average Bonchev–Trinajstić information content (AvgIpc) is 2.30. The second-order valence-corrected chi connectivity index (χ2v) is 3.24. The SMILES string of the molecule is CCOC(=O)C[n+]1ccccc1C(=O)OCC.[Br-]. The third-order valence-corrected chi connectivity index (χ3v) is 2.03. The first-order chi connectivity index (χ1) is 8.19. The molecule has 1 heterocycles. The zero-order valence-electron chi connectivity index (χ0n) is 10.4. The zero-order valence-corrected chi connectivity index (χ0v) is 12.0. The number of ether oxygens (including phenoxy) is 2. The van der Waals surface area contributed by atoms with Crippen LogP contribution in [0.4, 0.5) is 0 Å². The Hall–Kier alpha value is -1.43. The minimum Gasteiger partial charge on any atom is -1.00 e. The second-order valence-electron chi connectivity index (χ2n) is 3.24. The summed E-state index contributed by atoms with van der Waals surface area (Å²) in [6.07, 6.45) is 1.64. The summed E-state index contributed by atoms with van der Waals surface area (Å²) in [6.45, 7) is 4.09. The van der Waals surface area contributed by atoms with Crippen LogP contribution in [0.5, 0.6) is 0 Å². The van der Waals surface area contributed by atoms with Crippen molar-refractivity contribution >= 4 is 11.9 Å². The zero-order chi connectivity index (χ0) is 12.7. The minimum absolute atomic E-state index is 0. The number of aromatic nitrogens is 1. The average molecular weight is 318 g/mol. The Morgan fingerprint density at radius 1 is 1.17 bits per heavy atom. The van der Waals surface area contributed by atoms with Gasteiger partial charge in [0.1, 0.15) is 0 Å². The number of hydrogen-bond donors (Lipinski definition) is 0. The molecule has 0 fully saturated rings. The molecule has 100 valence electrons. The van der Waals surface area contributed by atoms with E-state index < -0.39 is 5.97 Å². The first kappa shape index (κ1) is 16.6. The molecule has 0 saturated heterocycles. The number of rotatable bonds is 5. The van der Waals surface area contributed by atoms with Crippen LogP contribution in [0.15, 0.2) is 24.4 Å². The number of carbonyl (C=O) groups is 2. The number of pyridine rings is 1. The summed E-state index contributed by atoms with van der Waals surface area (Å²) in [5.74, 6) is -0.827. The molecule has 0 aliphatic rings. The van der Waals surface area contributed by atoms with E-state index in [2.05, 4.69) is 0 Å². The lowest BCUT2D eigenvalue weighted by molar-refractivity contribution is -0.688. The molecular weight excluding hydrogens is 302 g/mol. The van der Waals surface area contributed by atoms with E-state index in [1.807, 2.05) is 0 Å². The van der Waals surface area contributed by atoms with Gasteiger partial charge in [-0.15, -0.1) is 0 Å². The fraction of sp³-hybridized carbons (Fsp3) is 0.417. The first-order valence-electron chi connectivity index (χ1n) is 5.50. The van der Waals surface area contributed by atoms with Crippen LogP contribution >= 0.6 is 0 Å². The normalized spacial score (nSPS) is 9.22. The lowest BCUT2D eigenvalue weighted by Gasteiger charge is -2.03. The number of halogens is 1. The lowest BCUT2D eigenvalue weighted by Crippen LogP contribution is -3.00. The lowest BCUT2D eigenvalue weighted by atomic mass is 10.3. The molecule has 18 heavy (non-hydrogen) atoms. The van der Waals surface area contributed by atoms with Crippen LogP contribution in [0.1, 0.15) is 24.3 Å². The van der Waals surface area contributed by atoms with E-state index in [0.717, 1.165) is 0 Å². The molecule has 0 aromatic carbocycles. The quantitative estimate of drug-likeness (QED) is 0.453. The fourth-order valence-corrected chi connectivity index (χ4v) is 1.35. The minimum atomic E-state index is -0.447. The molecule has 1 rings (SSSR count). The summed E-state index contributed by atoms with van der Waals surface area (Å²) >= 11 is 0. The Morgan fingerprint density at radius 3 is 2.44 bits per heavy atom. The summed E-state index contributed by atoms with van der Waals surface area (Å²) < 4.78 is 11.2. The highest BCUT2D eigenvalue weighted by molar-refractivity contribution is 5.85. The first-order valence-corrected chi connectivity index (χ1v) is 5.50. The molecule has 1 aromatic rings. The van der Waals surface area contributed by atoms with Gasteiger partial charge in [-0.2, -0.15) is 4.57 Å². The van der Waals surface area contributed by atoms with E-state index in [4.69, 9.17) is 9.47 Å². The summed E-state index contributed by atoms with van der Waals surface area (Å²) in [4.78, 5) is 23.0. The molecule has 0 saturated carbocycles. The van der Waals surface area contributed by atoms with Gasteiger partial charge >= 0.3 is 11.9 Å². The van der Waals surface area contributed by atoms with Crippen LogP contribution < -0.4 is 21.5 Å². The van der Waals surface area contributed by atoms with Gasteiger partial charge in [-0.1, -0.05) is 0 Å². The van der Waals surface area contributed by atoms with Crippen molar-refractivity contribution in [2.75, 3.05) is 13.2 Å². The van der Waals surface area contributed by atoms with Gasteiger partial charge in [-0.05, 0) is 19.9 Å². The van der Waals surface area contributed by atoms with Gasteiger partial charge in [0.2, 0.25) is 6.54 Å². The molecular formula is C12H16BrNO4. The van der Waals surface area contributed by atoms with Crippen molar-refractivity contribution in [3.8, 4) is 0 Å². The van der Waals surface area contributed by atoms with E-state index in [1.165, 1.54) is 4.57 Å². The molecule has 1 aromatic heterocycles. The second kappa shape index (κ2) is 8.63. The van der Waals surface area contributed by atoms with Crippen LogP contribution in [0.2, 0.25) is 0 Å². The Labute approximate surface area is 116 Å². The summed E-state index contributed by atoms with van der Waals surface area (Å²) in [5.41, 5.74) is 0.336. The van der Waals surface area contributed by atoms with E-state index in [9.17, 15) is 9.59 Å². The Balaban J connectivity index is 0.00000289. The maximum Gasteiger partial charge on any atom is 0.403 e. The van der Waals surface area contributed by atoms with E-state index in [0.29, 0.717) is 18.9 Å². The topological polar surface area (TPSA) is 56.5 Å². The Morgan fingerprint density at radius 2 is 1.83 bits per heavy atom. The monoisotopic (exact) mass is 317 g/mol. The maximum absolute atomic E-state index is 11.6. The van der Waals surface area contributed by atoms with Crippen LogP contribution in [0.3, 0.4) is 0 Å². The van der Waals surface area contributed by atoms with Crippen LogP contribution in [0.25, 0.3) is 0 Å². The molecule has 0 radical (unpaired) electrons. The van der Waals surface area contributed by atoms with Crippen molar-refractivity contribution < 1.29 is 40.6 Å². The van der Waals surface area contributed by atoms with Crippen molar-refractivity contribution in [1.29, 1.82) is 0 Å². The summed E-state index contributed by atoms with van der Waals surface area (Å²) in [7, 11) is 0. The van der Waals surface area contributed by atoms with Crippen molar-refractivity contribution in [3.05, 3.63) is 30.1 Å². The smallest absolute Gasteiger partial charge is 0.403 e. The molecule has 0 amide bonds. The molecule has 0 spiro atoms. The van der Waals surface area contributed by atoms with Crippen molar-refractivity contribution in [2.24, 2.45) is 0 Å². The van der Waals surface area contributed by atoms with E-state index >= 15 is 0 Å². The maximum atomic E-state index is 11.6. The van der Waals surface area contributed by atoms with E-state index in [1.54, 1.807) is 38.2 Å². The largest absolute Gasteiger partial charge is 1.00 e. The van der Waals surface area contributed by atoms with E-state index in [-0.39, 0.29) is 29.5 Å². The van der Waals surface area contributed by atoms with Crippen molar-refractivity contribution in [1.82, 2.24) is 0 Å². The number of nitrogens with zero attached hydrogens (tertiary/aromatic N) is 1. The van der Waals surface area contributed by atoms with Crippen LogP contribution in [-0.2, 0) is 20.8 Å². The summed E-state index contributed by atoms with van der Waals surface area (Å²) in [5, 5.41) is 0. The predicted octanol–water partition coefficient (Wildman–Crippen LogP) is -2.28. The van der Waals surface area contributed by atoms with Gasteiger partial charge in [0.15, 0.2) is 6.20 Å². The van der Waals surface area contributed by atoms with Gasteiger partial charge in [-0.3, -0.25) is 0 Å². The van der Waals surface area contributed by atoms with Crippen molar-refractivity contribution in [3.63, 3.8) is 0 Å². The fourth-order valence-electron chi connectivity index (χ4n) is 1.35. The van der Waals surface area contributed by atoms with Gasteiger partial charge in [0.25, 0.3) is 5.69 Å². The highest BCUT2D eigenvalue weighted by Gasteiger charge is 2.22. The van der Waals surface area contributed by atoms with Gasteiger partial charge in [0.05, 0.1) is 13.2 Å². The van der Waals surface area contributed by atoms with Gasteiger partial charge < -0.3 is 26.5 Å². The Kier molecular flexibility index (Phi) is 7.94. The molecule has 0 unspecified atom stereocenters. The molecule has 0 aliphatic carbocycles. The van der Waals surface area contributed by atoms with Crippen LogP contribution in [-0.4, -0.2) is 25.2 Å². The third-order valence-electron chi connectivity index (χ3n) is 2.03. The molecule has 0 bridgehead atoms. The Bertz CT molecular complexity index is 409. The molecule has 5 nitrogen and oxygen atoms in total. The highest BCUT2D eigenvalue weighted by Crippen LogP contribution is 1.95. The standard InChI is InChI=1S/C12H16NO4.BrH/c1-3-16-11(14)9-13-8-6-5-7-10(13)12(15)17-4-2;/h5-8H,3-4,9H2,1-2H3;1H/q+1;/p-1. The number of hydrogen-bond acceptors (Lipinski definition) is 4. The number of esters is 2. The molecule has 0 atom stereocenters. The summed E-state index contributed by atoms with van der Waals surface area (Å²) in [6, 6.07) is 5.06. The van der Waals surface area contributed by atoms with Crippen molar-refractivity contribution in [2.45, 2.75) is 20.4 Å².